The Kier molecular flexibility index (Phi) is 7.32. The lowest BCUT2D eigenvalue weighted by molar-refractivity contribution is -0.112. The van der Waals surface area contributed by atoms with Gasteiger partial charge in [0.2, 0.25) is 0 Å². The van der Waals surface area contributed by atoms with E-state index in [4.69, 9.17) is 0 Å². The molecule has 0 unspecified atom stereocenters. The molecular formula is C29H32N4O2. The lowest BCUT2D eigenvalue weighted by atomic mass is 9.98. The highest BCUT2D eigenvalue weighted by Gasteiger charge is 2.38. The van der Waals surface area contributed by atoms with Gasteiger partial charge in [0, 0.05) is 24.8 Å². The van der Waals surface area contributed by atoms with Crippen molar-refractivity contribution in [2.75, 3.05) is 37.9 Å². The Labute approximate surface area is 207 Å². The molecule has 6 nitrogen and oxygen atoms in total. The number of nitrogens with zero attached hydrogens (tertiary/aromatic N) is 2. The normalized spacial score (nSPS) is 14.2. The van der Waals surface area contributed by atoms with Gasteiger partial charge < -0.3 is 15.5 Å². The highest BCUT2D eigenvalue weighted by atomic mass is 16.2. The molecule has 3 amide bonds. The molecule has 4 rings (SSSR count). The van der Waals surface area contributed by atoms with Crippen LogP contribution in [0.1, 0.15) is 29.2 Å². The fourth-order valence-electron chi connectivity index (χ4n) is 4.22. The largest absolute Gasteiger partial charge is 0.354 e. The molecule has 1 heterocycles. The summed E-state index contributed by atoms with van der Waals surface area (Å²) in [6, 6.07) is 23.5. The number of hydrogen-bond donors (Lipinski definition) is 2. The third-order valence-electron chi connectivity index (χ3n) is 6.20. The number of likely N-dealkylation sites (N-methyl/N-ethyl adjacent to an activating group) is 1. The molecule has 3 aromatic carbocycles. The summed E-state index contributed by atoms with van der Waals surface area (Å²) in [6.45, 7) is 3.03. The number of urea groups is 1. The zero-order valence-corrected chi connectivity index (χ0v) is 20.8. The Bertz CT molecular complexity index is 1250. The zero-order chi connectivity index (χ0) is 24.9. The number of carbonyl (C=O) groups is 2. The minimum absolute atomic E-state index is 0.346. The number of imide groups is 1. The first-order valence-corrected chi connectivity index (χ1v) is 11.9. The molecule has 0 saturated carbocycles. The van der Waals surface area contributed by atoms with Gasteiger partial charge in [-0.05, 0) is 61.8 Å². The molecule has 1 aliphatic rings. The van der Waals surface area contributed by atoms with Gasteiger partial charge in [-0.1, -0.05) is 61.5 Å². The number of nitrogens with one attached hydrogen (secondary N) is 2. The second-order valence-electron chi connectivity index (χ2n) is 8.89. The van der Waals surface area contributed by atoms with Crippen molar-refractivity contribution in [3.63, 3.8) is 0 Å². The fourth-order valence-corrected chi connectivity index (χ4v) is 4.22. The van der Waals surface area contributed by atoms with E-state index in [2.05, 4.69) is 48.7 Å². The van der Waals surface area contributed by atoms with Crippen LogP contribution in [0.25, 0.3) is 11.3 Å². The maximum atomic E-state index is 13.7. The van der Waals surface area contributed by atoms with E-state index in [1.54, 1.807) is 0 Å². The third-order valence-corrected chi connectivity index (χ3v) is 6.20. The molecule has 0 atom stereocenters. The number of benzene rings is 3. The maximum absolute atomic E-state index is 13.7. The summed E-state index contributed by atoms with van der Waals surface area (Å²) < 4.78 is 0. The van der Waals surface area contributed by atoms with E-state index in [0.717, 1.165) is 41.8 Å². The maximum Gasteiger partial charge on any atom is 0.328 e. The van der Waals surface area contributed by atoms with Crippen LogP contribution >= 0.6 is 0 Å². The number of anilines is 2. The van der Waals surface area contributed by atoms with Crippen molar-refractivity contribution in [2.45, 2.75) is 19.8 Å². The average Bonchev–Trinajstić information content (AvgIpc) is 3.17. The van der Waals surface area contributed by atoms with Gasteiger partial charge in [0.25, 0.3) is 5.91 Å². The predicted molar refractivity (Wildman–Crippen MR) is 143 cm³/mol. The second-order valence-corrected chi connectivity index (χ2v) is 8.89. The number of aryl methyl sites for hydroxylation is 1. The number of amides is 3. The van der Waals surface area contributed by atoms with Crippen molar-refractivity contribution in [3.8, 4) is 0 Å². The molecule has 0 bridgehead atoms. The fraction of sp³-hybridized carbons (Fsp3) is 0.241. The Morgan fingerprint density at radius 3 is 2.26 bits per heavy atom. The Balaban J connectivity index is 1.82. The smallest absolute Gasteiger partial charge is 0.328 e. The summed E-state index contributed by atoms with van der Waals surface area (Å²) in [5.74, 6) is -0.346. The molecule has 0 fully saturated rings. The van der Waals surface area contributed by atoms with Crippen molar-refractivity contribution in [1.82, 2.24) is 10.2 Å². The number of rotatable bonds is 7. The highest BCUT2D eigenvalue weighted by Crippen LogP contribution is 2.41. The van der Waals surface area contributed by atoms with E-state index in [1.807, 2.05) is 60.7 Å². The summed E-state index contributed by atoms with van der Waals surface area (Å²) in [5, 5.41) is 6.11. The number of hydrogen-bond acceptors (Lipinski definition) is 4. The van der Waals surface area contributed by atoms with E-state index in [0.29, 0.717) is 17.0 Å². The summed E-state index contributed by atoms with van der Waals surface area (Å²) in [6.07, 6.45) is 1.78. The van der Waals surface area contributed by atoms with Crippen LogP contribution in [0.3, 0.4) is 0 Å². The first-order chi connectivity index (χ1) is 16.9. The molecule has 0 aromatic heterocycles. The molecule has 1 aliphatic heterocycles. The zero-order valence-electron chi connectivity index (χ0n) is 20.8. The minimum Gasteiger partial charge on any atom is -0.354 e. The van der Waals surface area contributed by atoms with Crippen LogP contribution in [0.2, 0.25) is 0 Å². The predicted octanol–water partition coefficient (Wildman–Crippen LogP) is 5.02. The van der Waals surface area contributed by atoms with E-state index in [-0.39, 0.29) is 5.91 Å². The summed E-state index contributed by atoms with van der Waals surface area (Å²) in [5.41, 5.74) is 6.57. The molecule has 0 radical (unpaired) electrons. The van der Waals surface area contributed by atoms with Gasteiger partial charge in [0.1, 0.15) is 0 Å². The quantitative estimate of drug-likeness (QED) is 0.478. The Morgan fingerprint density at radius 1 is 0.943 bits per heavy atom. The van der Waals surface area contributed by atoms with Crippen LogP contribution in [-0.2, 0) is 17.6 Å². The Morgan fingerprint density at radius 2 is 1.63 bits per heavy atom. The lowest BCUT2D eigenvalue weighted by Gasteiger charge is -2.16. The van der Waals surface area contributed by atoms with Crippen molar-refractivity contribution in [3.05, 3.63) is 95.1 Å². The van der Waals surface area contributed by atoms with E-state index in [9.17, 15) is 9.59 Å². The molecule has 0 spiro atoms. The van der Waals surface area contributed by atoms with E-state index < -0.39 is 6.03 Å². The van der Waals surface area contributed by atoms with Crippen LogP contribution in [0.15, 0.2) is 72.8 Å². The molecular weight excluding hydrogens is 436 g/mol. The summed E-state index contributed by atoms with van der Waals surface area (Å²) >= 11 is 0. The molecule has 3 aromatic rings. The van der Waals surface area contributed by atoms with Gasteiger partial charge in [-0.15, -0.1) is 0 Å². The van der Waals surface area contributed by atoms with Gasteiger partial charge in [-0.3, -0.25) is 4.79 Å². The molecule has 0 aliphatic carbocycles. The summed E-state index contributed by atoms with van der Waals surface area (Å²) in [7, 11) is 5.67. The van der Waals surface area contributed by atoms with Crippen LogP contribution in [0.5, 0.6) is 0 Å². The molecule has 2 N–H and O–H groups in total. The monoisotopic (exact) mass is 468 g/mol. The highest BCUT2D eigenvalue weighted by molar-refractivity contribution is 6.43. The lowest BCUT2D eigenvalue weighted by Crippen LogP contribution is -2.40. The second kappa shape index (κ2) is 10.6. The van der Waals surface area contributed by atoms with Crippen LogP contribution in [-0.4, -0.2) is 44.5 Å². The van der Waals surface area contributed by atoms with Crippen LogP contribution in [0, 0.1) is 0 Å². The standard InChI is InChI=1S/C29H32N4O2/c1-5-20-13-16-24-25(19-20)33(29(35)30-2)28(34)26(24)27(22-9-7-6-8-10-22)31-23-14-11-21(12-15-23)17-18-32(3)4/h6-16,19,31H,5,17-18H2,1-4H3,(H,30,35). The number of fused-ring (bicyclic) bond motifs is 1. The van der Waals surface area contributed by atoms with Gasteiger partial charge in [0.15, 0.2) is 0 Å². The van der Waals surface area contributed by atoms with Gasteiger partial charge in [-0.2, -0.15) is 0 Å². The molecule has 0 saturated heterocycles. The van der Waals surface area contributed by atoms with Gasteiger partial charge >= 0.3 is 6.03 Å². The average molecular weight is 469 g/mol. The van der Waals surface area contributed by atoms with Crippen LogP contribution in [0.4, 0.5) is 16.2 Å². The first kappa shape index (κ1) is 24.2. The topological polar surface area (TPSA) is 64.7 Å². The van der Waals surface area contributed by atoms with Crippen LogP contribution < -0.4 is 15.5 Å². The van der Waals surface area contributed by atoms with E-state index in [1.165, 1.54) is 17.5 Å². The first-order valence-electron chi connectivity index (χ1n) is 11.9. The SMILES string of the molecule is CCc1ccc2c(c1)N(C(=O)NC)C(=O)C2=C(Nc1ccc(CCN(C)C)cc1)c1ccccc1. The Hall–Kier alpha value is -3.90. The van der Waals surface area contributed by atoms with Crippen molar-refractivity contribution in [2.24, 2.45) is 0 Å². The van der Waals surface area contributed by atoms with Crippen molar-refractivity contribution < 1.29 is 9.59 Å². The van der Waals surface area contributed by atoms with Crippen molar-refractivity contribution in [1.29, 1.82) is 0 Å². The third kappa shape index (κ3) is 5.12. The summed E-state index contributed by atoms with van der Waals surface area (Å²) in [4.78, 5) is 29.9. The minimum atomic E-state index is -0.447. The van der Waals surface area contributed by atoms with Crippen molar-refractivity contribution >= 4 is 34.6 Å². The molecule has 35 heavy (non-hydrogen) atoms. The van der Waals surface area contributed by atoms with Gasteiger partial charge in [0.05, 0.1) is 17.0 Å². The van der Waals surface area contributed by atoms with Gasteiger partial charge in [-0.25, -0.2) is 9.69 Å². The molecule has 6 heteroatoms. The molecule has 180 valence electrons. The van der Waals surface area contributed by atoms with E-state index >= 15 is 0 Å². The number of carbonyl (C=O) groups excluding carboxylic acids is 2.